The lowest BCUT2D eigenvalue weighted by Gasteiger charge is -2.09. The number of aryl methyl sites for hydroxylation is 1. The van der Waals surface area contributed by atoms with E-state index in [4.69, 9.17) is 5.11 Å². The lowest BCUT2D eigenvalue weighted by molar-refractivity contribution is -0.114. The zero-order valence-electron chi connectivity index (χ0n) is 14.3. The normalized spacial score (nSPS) is 9.00. The van der Waals surface area contributed by atoms with Crippen LogP contribution < -0.4 is 0 Å². The summed E-state index contributed by atoms with van der Waals surface area (Å²) in [7, 11) is 0. The molecule has 2 aromatic carbocycles. The highest BCUT2D eigenvalue weighted by atomic mass is 16.3. The molecule has 2 aromatic rings. The molecule has 3 heteroatoms. The Kier molecular flexibility index (Phi) is 8.61. The van der Waals surface area contributed by atoms with E-state index in [0.29, 0.717) is 11.5 Å². The third-order valence-corrected chi connectivity index (χ3v) is 3.21. The SMILES string of the molecule is CC(C)=O.Cc1cc(O)c(C)c(C)c1C.Oc1ccccc1. The molecule has 2 rings (SSSR count). The third kappa shape index (κ3) is 7.48. The average Bonchev–Trinajstić information content (AvgIpc) is 2.44. The maximum atomic E-state index is 9.44. The fraction of sp³-hybridized carbons (Fsp3) is 0.316. The minimum absolute atomic E-state index is 0.167. The number of hydrogen-bond acceptors (Lipinski definition) is 3. The zero-order valence-corrected chi connectivity index (χ0v) is 14.3. The lowest BCUT2D eigenvalue weighted by atomic mass is 9.99. The largest absolute Gasteiger partial charge is 0.508 e. The van der Waals surface area contributed by atoms with Crippen LogP contribution in [0, 0.1) is 27.7 Å². The fourth-order valence-electron chi connectivity index (χ4n) is 1.62. The summed E-state index contributed by atoms with van der Waals surface area (Å²) in [5.41, 5.74) is 4.63. The van der Waals surface area contributed by atoms with Gasteiger partial charge in [-0.15, -0.1) is 0 Å². The van der Waals surface area contributed by atoms with E-state index in [0.717, 1.165) is 11.1 Å². The predicted octanol–water partition coefficient (Wildman–Crippen LogP) is 4.61. The Morgan fingerprint density at radius 1 is 0.818 bits per heavy atom. The van der Waals surface area contributed by atoms with Crippen molar-refractivity contribution < 1.29 is 15.0 Å². The third-order valence-electron chi connectivity index (χ3n) is 3.21. The molecule has 120 valence electrons. The summed E-state index contributed by atoms with van der Waals surface area (Å²) in [4.78, 5) is 9.44. The molecule has 0 heterocycles. The molecule has 0 aliphatic heterocycles. The van der Waals surface area contributed by atoms with Crippen LogP contribution in [0.15, 0.2) is 36.4 Å². The van der Waals surface area contributed by atoms with E-state index in [1.54, 1.807) is 24.3 Å². The average molecular weight is 302 g/mol. The zero-order chi connectivity index (χ0) is 17.3. The number of aromatic hydroxyl groups is 2. The van der Waals surface area contributed by atoms with Crippen LogP contribution >= 0.6 is 0 Å². The standard InChI is InChI=1S/C10H14O.C6H6O.C3H6O/c1-6-5-10(11)9(4)8(3)7(6)2;7-6-4-2-1-3-5-6;1-3(2)4/h5,11H,1-4H3;1-5,7H;1-2H3. The predicted molar refractivity (Wildman–Crippen MR) is 91.5 cm³/mol. The highest BCUT2D eigenvalue weighted by Crippen LogP contribution is 2.25. The molecule has 0 unspecified atom stereocenters. The molecule has 0 saturated carbocycles. The summed E-state index contributed by atoms with van der Waals surface area (Å²) < 4.78 is 0. The van der Waals surface area contributed by atoms with Gasteiger partial charge in [-0.25, -0.2) is 0 Å². The van der Waals surface area contributed by atoms with Gasteiger partial charge in [0.25, 0.3) is 0 Å². The highest BCUT2D eigenvalue weighted by Gasteiger charge is 2.04. The second-order valence-corrected chi connectivity index (χ2v) is 5.33. The van der Waals surface area contributed by atoms with Crippen molar-refractivity contribution in [1.29, 1.82) is 0 Å². The monoisotopic (exact) mass is 302 g/mol. The van der Waals surface area contributed by atoms with Gasteiger partial charge < -0.3 is 15.0 Å². The van der Waals surface area contributed by atoms with Gasteiger partial charge in [-0.1, -0.05) is 18.2 Å². The van der Waals surface area contributed by atoms with Crippen molar-refractivity contribution in [2.75, 3.05) is 0 Å². The van der Waals surface area contributed by atoms with E-state index in [2.05, 4.69) is 6.92 Å². The van der Waals surface area contributed by atoms with E-state index < -0.39 is 0 Å². The summed E-state index contributed by atoms with van der Waals surface area (Å²) in [5.74, 6) is 0.896. The van der Waals surface area contributed by atoms with Gasteiger partial charge in [-0.3, -0.25) is 0 Å². The Morgan fingerprint density at radius 2 is 1.27 bits per heavy atom. The first-order valence-electron chi connectivity index (χ1n) is 7.14. The molecule has 0 spiro atoms. The first kappa shape index (κ1) is 19.7. The molecule has 0 aromatic heterocycles. The van der Waals surface area contributed by atoms with Crippen LogP contribution in [0.3, 0.4) is 0 Å². The minimum Gasteiger partial charge on any atom is -0.508 e. The number of para-hydroxylation sites is 1. The molecule has 0 aliphatic carbocycles. The molecule has 0 bridgehead atoms. The fourth-order valence-corrected chi connectivity index (χ4v) is 1.62. The first-order valence-corrected chi connectivity index (χ1v) is 7.14. The Morgan fingerprint density at radius 3 is 1.64 bits per heavy atom. The highest BCUT2D eigenvalue weighted by molar-refractivity contribution is 5.72. The number of phenolic OH excluding ortho intramolecular Hbond substituents is 2. The van der Waals surface area contributed by atoms with E-state index in [1.165, 1.54) is 25.0 Å². The van der Waals surface area contributed by atoms with Crippen molar-refractivity contribution in [3.8, 4) is 11.5 Å². The number of Topliss-reactive ketones (excluding diaryl/α,β-unsaturated/α-hetero) is 1. The van der Waals surface area contributed by atoms with E-state index in [-0.39, 0.29) is 5.78 Å². The van der Waals surface area contributed by atoms with Crippen LogP contribution in [0.1, 0.15) is 36.1 Å². The summed E-state index contributed by atoms with van der Waals surface area (Å²) in [6.45, 7) is 11.1. The molecule has 0 saturated heterocycles. The van der Waals surface area contributed by atoms with Crippen molar-refractivity contribution in [1.82, 2.24) is 0 Å². The molecule has 22 heavy (non-hydrogen) atoms. The van der Waals surface area contributed by atoms with Gasteiger partial charge in [0.15, 0.2) is 0 Å². The van der Waals surface area contributed by atoms with Gasteiger partial charge in [-0.05, 0) is 82.0 Å². The van der Waals surface area contributed by atoms with Crippen LogP contribution in [-0.2, 0) is 4.79 Å². The molecule has 3 nitrogen and oxygen atoms in total. The van der Waals surface area contributed by atoms with Crippen molar-refractivity contribution in [3.05, 3.63) is 58.7 Å². The Labute approximate surface area is 133 Å². The molecule has 0 amide bonds. The van der Waals surface area contributed by atoms with E-state index in [9.17, 15) is 9.90 Å². The lowest BCUT2D eigenvalue weighted by Crippen LogP contribution is -1.90. The molecule has 0 aliphatic rings. The smallest absolute Gasteiger partial charge is 0.126 e. The van der Waals surface area contributed by atoms with Gasteiger partial charge in [0.1, 0.15) is 17.3 Å². The quantitative estimate of drug-likeness (QED) is 0.747. The summed E-state index contributed by atoms with van der Waals surface area (Å²) in [6.07, 6.45) is 0. The van der Waals surface area contributed by atoms with E-state index in [1.807, 2.05) is 32.9 Å². The van der Waals surface area contributed by atoms with Gasteiger partial charge in [0, 0.05) is 0 Å². The number of carbonyl (C=O) groups is 1. The summed E-state index contributed by atoms with van der Waals surface area (Å²) in [5, 5.41) is 18.0. The summed E-state index contributed by atoms with van der Waals surface area (Å²) in [6, 6.07) is 10.5. The number of ketones is 1. The number of hydrogen-bond donors (Lipinski definition) is 2. The van der Waals surface area contributed by atoms with Crippen molar-refractivity contribution in [2.45, 2.75) is 41.5 Å². The second kappa shape index (κ2) is 9.61. The Hall–Kier alpha value is -2.29. The minimum atomic E-state index is 0.167. The number of carbonyl (C=O) groups excluding carboxylic acids is 1. The molecule has 0 atom stereocenters. The molecule has 0 radical (unpaired) electrons. The van der Waals surface area contributed by atoms with Gasteiger partial charge >= 0.3 is 0 Å². The van der Waals surface area contributed by atoms with Crippen LogP contribution in [0.5, 0.6) is 11.5 Å². The van der Waals surface area contributed by atoms with Crippen LogP contribution in [-0.4, -0.2) is 16.0 Å². The van der Waals surface area contributed by atoms with Crippen molar-refractivity contribution in [2.24, 2.45) is 0 Å². The number of phenols is 2. The number of rotatable bonds is 0. The topological polar surface area (TPSA) is 57.5 Å². The van der Waals surface area contributed by atoms with Crippen molar-refractivity contribution in [3.63, 3.8) is 0 Å². The maximum absolute atomic E-state index is 9.44. The second-order valence-electron chi connectivity index (χ2n) is 5.33. The van der Waals surface area contributed by atoms with Crippen LogP contribution in [0.25, 0.3) is 0 Å². The van der Waals surface area contributed by atoms with Gasteiger partial charge in [-0.2, -0.15) is 0 Å². The molecule has 0 fully saturated rings. The van der Waals surface area contributed by atoms with Gasteiger partial charge in [0.05, 0.1) is 0 Å². The van der Waals surface area contributed by atoms with Crippen LogP contribution in [0.2, 0.25) is 0 Å². The van der Waals surface area contributed by atoms with Crippen molar-refractivity contribution >= 4 is 5.78 Å². The Bertz CT molecular complexity index is 572. The maximum Gasteiger partial charge on any atom is 0.126 e. The first-order chi connectivity index (χ1) is 10.2. The van der Waals surface area contributed by atoms with E-state index >= 15 is 0 Å². The van der Waals surface area contributed by atoms with Crippen LogP contribution in [0.4, 0.5) is 0 Å². The molecule has 2 N–H and O–H groups in total. The molecular weight excluding hydrogens is 276 g/mol. The van der Waals surface area contributed by atoms with Gasteiger partial charge in [0.2, 0.25) is 0 Å². The number of benzene rings is 2. The molecular formula is C19H26O3. The Balaban J connectivity index is 0.000000343. The summed E-state index contributed by atoms with van der Waals surface area (Å²) >= 11 is 0.